The molecule has 0 aromatic carbocycles. The lowest BCUT2D eigenvalue weighted by atomic mass is 10.2. The third-order valence-electron chi connectivity index (χ3n) is 2.56. The smallest absolute Gasteiger partial charge is 0.303 e. The summed E-state index contributed by atoms with van der Waals surface area (Å²) in [4.78, 5) is 23.9. The zero-order chi connectivity index (χ0) is 11.3. The van der Waals surface area contributed by atoms with Crippen molar-refractivity contribution in [2.45, 2.75) is 32.2 Å². The first-order chi connectivity index (χ1) is 7.15. The van der Waals surface area contributed by atoms with Crippen LogP contribution in [0.2, 0.25) is 0 Å². The van der Waals surface area contributed by atoms with Crippen molar-refractivity contribution in [2.75, 3.05) is 18.1 Å². The van der Waals surface area contributed by atoms with Gasteiger partial charge in [0.05, 0.1) is 6.42 Å². The molecule has 0 aromatic rings. The van der Waals surface area contributed by atoms with Crippen LogP contribution in [0.1, 0.15) is 26.2 Å². The molecule has 1 fully saturated rings. The summed E-state index contributed by atoms with van der Waals surface area (Å²) in [7, 11) is 0. The molecule has 0 aliphatic carbocycles. The summed E-state index contributed by atoms with van der Waals surface area (Å²) in [5.41, 5.74) is 0. The van der Waals surface area contributed by atoms with Gasteiger partial charge in [0.15, 0.2) is 0 Å². The van der Waals surface area contributed by atoms with E-state index in [1.807, 2.05) is 23.6 Å². The highest BCUT2D eigenvalue weighted by Crippen LogP contribution is 2.22. The number of amides is 1. The van der Waals surface area contributed by atoms with Gasteiger partial charge in [-0.3, -0.25) is 9.59 Å². The minimum absolute atomic E-state index is 0.0209. The molecule has 15 heavy (non-hydrogen) atoms. The maximum atomic E-state index is 11.7. The topological polar surface area (TPSA) is 57.6 Å². The Labute approximate surface area is 94.0 Å². The minimum atomic E-state index is -0.903. The molecule has 0 radical (unpaired) electrons. The lowest BCUT2D eigenvalue weighted by molar-refractivity contribution is -0.141. The molecule has 0 saturated carbocycles. The second kappa shape index (κ2) is 6.00. The van der Waals surface area contributed by atoms with Crippen LogP contribution in [0.3, 0.4) is 0 Å². The summed E-state index contributed by atoms with van der Waals surface area (Å²) in [6.07, 6.45) is 1.11. The highest BCUT2D eigenvalue weighted by Gasteiger charge is 2.25. The van der Waals surface area contributed by atoms with Crippen LogP contribution in [0, 0.1) is 0 Å². The fourth-order valence-corrected chi connectivity index (χ4v) is 2.99. The Kier molecular flexibility index (Phi) is 4.94. The molecule has 1 rings (SSSR count). The average Bonchev–Trinajstić information content (AvgIpc) is 2.69. The maximum Gasteiger partial charge on any atom is 0.303 e. The van der Waals surface area contributed by atoms with Gasteiger partial charge >= 0.3 is 5.97 Å². The Hall–Kier alpha value is -0.710. The number of carboxylic acid groups (broad SMARTS) is 1. The molecule has 4 nitrogen and oxygen atoms in total. The van der Waals surface area contributed by atoms with Gasteiger partial charge in [0, 0.05) is 24.8 Å². The first-order valence-electron chi connectivity index (χ1n) is 5.24. The van der Waals surface area contributed by atoms with Crippen molar-refractivity contribution in [3.8, 4) is 0 Å². The number of nitrogens with zero attached hydrogens (tertiary/aromatic N) is 1. The van der Waals surface area contributed by atoms with Crippen molar-refractivity contribution < 1.29 is 14.7 Å². The maximum absolute atomic E-state index is 11.7. The summed E-state index contributed by atoms with van der Waals surface area (Å²) < 4.78 is 0. The van der Waals surface area contributed by atoms with E-state index in [4.69, 9.17) is 5.11 Å². The van der Waals surface area contributed by atoms with Crippen LogP contribution in [0.5, 0.6) is 0 Å². The average molecular weight is 231 g/mol. The van der Waals surface area contributed by atoms with E-state index in [9.17, 15) is 9.59 Å². The quantitative estimate of drug-likeness (QED) is 0.772. The predicted octanol–water partition coefficient (Wildman–Crippen LogP) is 1.21. The first kappa shape index (κ1) is 12.4. The Morgan fingerprint density at radius 3 is 2.67 bits per heavy atom. The van der Waals surface area contributed by atoms with Crippen molar-refractivity contribution in [3.05, 3.63) is 0 Å². The summed E-state index contributed by atoms with van der Waals surface area (Å²) in [6.45, 7) is 2.63. The van der Waals surface area contributed by atoms with Gasteiger partial charge < -0.3 is 10.0 Å². The first-order valence-corrected chi connectivity index (χ1v) is 6.39. The molecular weight excluding hydrogens is 214 g/mol. The largest absolute Gasteiger partial charge is 0.481 e. The van der Waals surface area contributed by atoms with Crippen molar-refractivity contribution in [3.63, 3.8) is 0 Å². The normalized spacial score (nSPS) is 20.2. The molecule has 1 N–H and O–H groups in total. The second-order valence-corrected chi connectivity index (χ2v) is 4.74. The molecule has 1 heterocycles. The SMILES string of the molecule is CCN(C(=O)CCC(=O)O)[C@@H]1CCSC1. The van der Waals surface area contributed by atoms with Crippen LogP contribution in [-0.4, -0.2) is 46.0 Å². The molecule has 0 aromatic heterocycles. The lowest BCUT2D eigenvalue weighted by Crippen LogP contribution is -2.40. The van der Waals surface area contributed by atoms with E-state index in [-0.39, 0.29) is 18.7 Å². The van der Waals surface area contributed by atoms with E-state index in [2.05, 4.69) is 0 Å². The predicted molar refractivity (Wildman–Crippen MR) is 60.0 cm³/mol. The molecule has 1 aliphatic rings. The van der Waals surface area contributed by atoms with Gasteiger partial charge in [0.1, 0.15) is 0 Å². The molecule has 1 amide bonds. The van der Waals surface area contributed by atoms with Crippen LogP contribution >= 0.6 is 11.8 Å². The van der Waals surface area contributed by atoms with E-state index in [1.165, 1.54) is 0 Å². The van der Waals surface area contributed by atoms with E-state index in [0.717, 1.165) is 17.9 Å². The Morgan fingerprint density at radius 2 is 2.20 bits per heavy atom. The van der Waals surface area contributed by atoms with Gasteiger partial charge in [-0.2, -0.15) is 11.8 Å². The second-order valence-electron chi connectivity index (χ2n) is 3.59. The number of carboxylic acids is 1. The van der Waals surface area contributed by atoms with Gasteiger partial charge in [-0.1, -0.05) is 0 Å². The van der Waals surface area contributed by atoms with Crippen LogP contribution in [0.4, 0.5) is 0 Å². The monoisotopic (exact) mass is 231 g/mol. The van der Waals surface area contributed by atoms with Crippen molar-refractivity contribution >= 4 is 23.6 Å². The van der Waals surface area contributed by atoms with E-state index >= 15 is 0 Å². The Bertz CT molecular complexity index is 239. The molecule has 5 heteroatoms. The number of rotatable bonds is 5. The number of thioether (sulfide) groups is 1. The Morgan fingerprint density at radius 1 is 1.47 bits per heavy atom. The standard InChI is InChI=1S/C10H17NO3S/c1-2-11(8-5-6-15-7-8)9(12)3-4-10(13)14/h8H,2-7H2,1H3,(H,13,14)/t8-/m1/s1. The fraction of sp³-hybridized carbons (Fsp3) is 0.800. The molecule has 0 spiro atoms. The van der Waals surface area contributed by atoms with Gasteiger partial charge in [-0.25, -0.2) is 0 Å². The molecule has 0 unspecified atom stereocenters. The number of carbonyl (C=O) groups is 2. The van der Waals surface area contributed by atoms with Crippen molar-refractivity contribution in [2.24, 2.45) is 0 Å². The molecule has 86 valence electrons. The van der Waals surface area contributed by atoms with Crippen LogP contribution in [0.15, 0.2) is 0 Å². The number of carbonyl (C=O) groups excluding carboxylic acids is 1. The summed E-state index contributed by atoms with van der Waals surface area (Å²) in [6, 6.07) is 0.321. The lowest BCUT2D eigenvalue weighted by Gasteiger charge is -2.27. The fourth-order valence-electron chi connectivity index (χ4n) is 1.76. The highest BCUT2D eigenvalue weighted by molar-refractivity contribution is 7.99. The van der Waals surface area contributed by atoms with E-state index in [1.54, 1.807) is 0 Å². The highest BCUT2D eigenvalue weighted by atomic mass is 32.2. The number of hydrogen-bond acceptors (Lipinski definition) is 3. The van der Waals surface area contributed by atoms with Crippen molar-refractivity contribution in [1.82, 2.24) is 4.90 Å². The number of aliphatic carboxylic acids is 1. The van der Waals surface area contributed by atoms with Crippen LogP contribution in [0.25, 0.3) is 0 Å². The molecule has 1 aliphatic heterocycles. The Balaban J connectivity index is 2.42. The molecular formula is C10H17NO3S. The zero-order valence-corrected chi connectivity index (χ0v) is 9.76. The van der Waals surface area contributed by atoms with Crippen molar-refractivity contribution in [1.29, 1.82) is 0 Å². The van der Waals surface area contributed by atoms with Gasteiger partial charge in [0.25, 0.3) is 0 Å². The molecule has 0 bridgehead atoms. The number of hydrogen-bond donors (Lipinski definition) is 1. The summed E-state index contributed by atoms with van der Waals surface area (Å²) in [5, 5.41) is 8.51. The van der Waals surface area contributed by atoms with Gasteiger partial charge in [-0.15, -0.1) is 0 Å². The van der Waals surface area contributed by atoms with Gasteiger partial charge in [-0.05, 0) is 19.1 Å². The molecule has 1 saturated heterocycles. The third-order valence-corrected chi connectivity index (χ3v) is 3.71. The molecule has 1 atom stereocenters. The van der Waals surface area contributed by atoms with Crippen LogP contribution < -0.4 is 0 Å². The van der Waals surface area contributed by atoms with Crippen LogP contribution in [-0.2, 0) is 9.59 Å². The van der Waals surface area contributed by atoms with Gasteiger partial charge in [0.2, 0.25) is 5.91 Å². The summed E-state index contributed by atoms with van der Waals surface area (Å²) >= 11 is 1.86. The summed E-state index contributed by atoms with van der Waals surface area (Å²) in [5.74, 6) is 1.17. The van der Waals surface area contributed by atoms with E-state index in [0.29, 0.717) is 12.6 Å². The minimum Gasteiger partial charge on any atom is -0.481 e. The van der Waals surface area contributed by atoms with E-state index < -0.39 is 5.97 Å². The zero-order valence-electron chi connectivity index (χ0n) is 8.94. The third kappa shape index (κ3) is 3.74.